The third-order valence-electron chi connectivity index (χ3n) is 2.69. The Balaban J connectivity index is 2.63. The fraction of sp³-hybridized carbons (Fsp3) is 0.357. The first-order chi connectivity index (χ1) is 10.3. The van der Waals surface area contributed by atoms with Gasteiger partial charge in [0, 0.05) is 5.69 Å². The van der Waals surface area contributed by atoms with Crippen LogP contribution in [-0.4, -0.2) is 46.9 Å². The van der Waals surface area contributed by atoms with Crippen LogP contribution in [0.15, 0.2) is 24.3 Å². The van der Waals surface area contributed by atoms with Crippen LogP contribution >= 0.6 is 0 Å². The number of aliphatic carboxylic acids is 1. The Bertz CT molecular complexity index is 570. The molecule has 0 saturated heterocycles. The highest BCUT2D eigenvalue weighted by molar-refractivity contribution is 5.94. The van der Waals surface area contributed by atoms with Gasteiger partial charge >= 0.3 is 18.0 Å². The van der Waals surface area contributed by atoms with Crippen molar-refractivity contribution in [1.29, 1.82) is 0 Å². The van der Waals surface area contributed by atoms with Crippen molar-refractivity contribution in [2.24, 2.45) is 0 Å². The van der Waals surface area contributed by atoms with Crippen LogP contribution in [0.25, 0.3) is 0 Å². The largest absolute Gasteiger partial charge is 0.479 e. The van der Waals surface area contributed by atoms with Crippen molar-refractivity contribution >= 4 is 23.7 Å². The maximum Gasteiger partial charge on any atom is 0.338 e. The minimum absolute atomic E-state index is 0.237. The van der Waals surface area contributed by atoms with Gasteiger partial charge in [-0.1, -0.05) is 6.07 Å². The first-order valence-electron chi connectivity index (χ1n) is 6.54. The lowest BCUT2D eigenvalue weighted by Crippen LogP contribution is -2.47. The van der Waals surface area contributed by atoms with E-state index in [4.69, 9.17) is 9.84 Å². The van der Waals surface area contributed by atoms with E-state index in [2.05, 4.69) is 10.6 Å². The molecule has 0 aliphatic heterocycles. The first-order valence-corrected chi connectivity index (χ1v) is 6.54. The molecular formula is C14H18N2O6. The Morgan fingerprint density at radius 2 is 2.00 bits per heavy atom. The summed E-state index contributed by atoms with van der Waals surface area (Å²) in [5.74, 6) is -1.96. The molecule has 120 valence electrons. The number of carbonyl (C=O) groups excluding carboxylic acids is 2. The van der Waals surface area contributed by atoms with Gasteiger partial charge in [-0.3, -0.25) is 0 Å². The SMILES string of the molecule is CCOC(=O)c1cccc(NC(=O)NCC(C)(O)C(=O)O)c1. The molecule has 0 aliphatic carbocycles. The van der Waals surface area contributed by atoms with E-state index >= 15 is 0 Å². The lowest BCUT2D eigenvalue weighted by molar-refractivity contribution is -0.155. The summed E-state index contributed by atoms with van der Waals surface area (Å²) in [5, 5.41) is 22.9. The van der Waals surface area contributed by atoms with Crippen molar-refractivity contribution in [2.45, 2.75) is 19.4 Å². The number of benzene rings is 1. The Morgan fingerprint density at radius 1 is 1.32 bits per heavy atom. The van der Waals surface area contributed by atoms with E-state index in [1.807, 2.05) is 0 Å². The zero-order chi connectivity index (χ0) is 16.8. The molecule has 0 saturated carbocycles. The average molecular weight is 310 g/mol. The standard InChI is InChI=1S/C14H18N2O6/c1-3-22-11(17)9-5-4-6-10(7-9)16-13(20)15-8-14(2,21)12(18)19/h4-7,21H,3,8H2,1-2H3,(H,18,19)(H2,15,16,20). The smallest absolute Gasteiger partial charge is 0.338 e. The van der Waals surface area contributed by atoms with Crippen molar-refractivity contribution < 1.29 is 29.3 Å². The number of nitrogens with one attached hydrogen (secondary N) is 2. The molecule has 1 atom stereocenters. The molecule has 0 heterocycles. The molecule has 1 unspecified atom stereocenters. The quantitative estimate of drug-likeness (QED) is 0.576. The zero-order valence-electron chi connectivity index (χ0n) is 12.3. The lowest BCUT2D eigenvalue weighted by Gasteiger charge is -2.18. The molecule has 0 radical (unpaired) electrons. The van der Waals surface area contributed by atoms with Gasteiger partial charge in [-0.15, -0.1) is 0 Å². The van der Waals surface area contributed by atoms with Gasteiger partial charge in [0.2, 0.25) is 0 Å². The minimum Gasteiger partial charge on any atom is -0.479 e. The van der Waals surface area contributed by atoms with Crippen molar-refractivity contribution in [2.75, 3.05) is 18.5 Å². The second-order valence-electron chi connectivity index (χ2n) is 4.69. The van der Waals surface area contributed by atoms with Crippen LogP contribution in [0.4, 0.5) is 10.5 Å². The van der Waals surface area contributed by atoms with Crippen molar-refractivity contribution in [3.63, 3.8) is 0 Å². The van der Waals surface area contributed by atoms with E-state index in [0.29, 0.717) is 5.69 Å². The number of amides is 2. The number of urea groups is 1. The van der Waals surface area contributed by atoms with Gasteiger partial charge in [-0.25, -0.2) is 14.4 Å². The van der Waals surface area contributed by atoms with Crippen LogP contribution in [0.3, 0.4) is 0 Å². The second-order valence-corrected chi connectivity index (χ2v) is 4.69. The summed E-state index contributed by atoms with van der Waals surface area (Å²) in [5.41, 5.74) is -1.46. The van der Waals surface area contributed by atoms with E-state index in [1.165, 1.54) is 12.1 Å². The van der Waals surface area contributed by atoms with Crippen molar-refractivity contribution in [3.05, 3.63) is 29.8 Å². The summed E-state index contributed by atoms with van der Waals surface area (Å²) in [6.45, 7) is 2.52. The fourth-order valence-electron chi connectivity index (χ4n) is 1.44. The molecule has 0 aromatic heterocycles. The molecule has 0 bridgehead atoms. The number of anilines is 1. The van der Waals surface area contributed by atoms with Gasteiger partial charge < -0.3 is 25.6 Å². The van der Waals surface area contributed by atoms with Gasteiger partial charge in [0.1, 0.15) is 0 Å². The maximum atomic E-state index is 11.6. The van der Waals surface area contributed by atoms with Crippen LogP contribution in [0.5, 0.6) is 0 Å². The van der Waals surface area contributed by atoms with Gasteiger partial charge in [-0.2, -0.15) is 0 Å². The number of rotatable bonds is 6. The summed E-state index contributed by atoms with van der Waals surface area (Å²) in [6, 6.07) is 5.37. The van der Waals surface area contributed by atoms with Crippen molar-refractivity contribution in [3.8, 4) is 0 Å². The highest BCUT2D eigenvalue weighted by atomic mass is 16.5. The molecule has 1 aromatic carbocycles. The second kappa shape index (κ2) is 7.41. The molecule has 1 aromatic rings. The van der Waals surface area contributed by atoms with Crippen LogP contribution in [0.1, 0.15) is 24.2 Å². The van der Waals surface area contributed by atoms with Crippen LogP contribution in [0.2, 0.25) is 0 Å². The number of aliphatic hydroxyl groups is 1. The molecule has 1 rings (SSSR count). The third-order valence-corrected chi connectivity index (χ3v) is 2.69. The number of hydrogen-bond donors (Lipinski definition) is 4. The van der Waals surface area contributed by atoms with E-state index in [1.54, 1.807) is 19.1 Å². The molecule has 22 heavy (non-hydrogen) atoms. The Hall–Kier alpha value is -2.61. The van der Waals surface area contributed by atoms with E-state index in [-0.39, 0.29) is 12.2 Å². The average Bonchev–Trinajstić information content (AvgIpc) is 2.45. The van der Waals surface area contributed by atoms with Gasteiger partial charge in [0.05, 0.1) is 18.7 Å². The van der Waals surface area contributed by atoms with Crippen LogP contribution < -0.4 is 10.6 Å². The molecule has 4 N–H and O–H groups in total. The Labute approximate surface area is 127 Å². The van der Waals surface area contributed by atoms with E-state index in [0.717, 1.165) is 6.92 Å². The summed E-state index contributed by atoms with van der Waals surface area (Å²) < 4.78 is 4.84. The highest BCUT2D eigenvalue weighted by Crippen LogP contribution is 2.12. The van der Waals surface area contributed by atoms with E-state index < -0.39 is 30.1 Å². The number of ether oxygens (including phenoxy) is 1. The van der Waals surface area contributed by atoms with Crippen LogP contribution in [0, 0.1) is 0 Å². The van der Waals surface area contributed by atoms with Gasteiger partial charge in [-0.05, 0) is 32.0 Å². The number of carboxylic acid groups (broad SMARTS) is 1. The Kier molecular flexibility index (Phi) is 5.88. The number of hydrogen-bond acceptors (Lipinski definition) is 5. The summed E-state index contributed by atoms with van der Waals surface area (Å²) in [4.78, 5) is 33.9. The molecule has 0 aliphatic rings. The lowest BCUT2D eigenvalue weighted by atomic mass is 10.1. The van der Waals surface area contributed by atoms with Gasteiger partial charge in [0.15, 0.2) is 5.60 Å². The van der Waals surface area contributed by atoms with Crippen molar-refractivity contribution in [1.82, 2.24) is 5.32 Å². The number of carboxylic acids is 1. The summed E-state index contributed by atoms with van der Waals surface area (Å²) in [6.07, 6.45) is 0. The molecule has 2 amide bonds. The Morgan fingerprint density at radius 3 is 2.59 bits per heavy atom. The molecule has 8 heteroatoms. The normalized spacial score (nSPS) is 12.9. The molecular weight excluding hydrogens is 292 g/mol. The predicted octanol–water partition coefficient (Wildman–Crippen LogP) is 0.820. The number of esters is 1. The molecule has 0 spiro atoms. The minimum atomic E-state index is -2.07. The van der Waals surface area contributed by atoms with Gasteiger partial charge in [0.25, 0.3) is 0 Å². The summed E-state index contributed by atoms with van der Waals surface area (Å²) in [7, 11) is 0. The molecule has 8 nitrogen and oxygen atoms in total. The topological polar surface area (TPSA) is 125 Å². The monoisotopic (exact) mass is 310 g/mol. The molecule has 0 fully saturated rings. The predicted molar refractivity (Wildman–Crippen MR) is 77.7 cm³/mol. The number of carbonyl (C=O) groups is 3. The maximum absolute atomic E-state index is 11.6. The highest BCUT2D eigenvalue weighted by Gasteiger charge is 2.30. The summed E-state index contributed by atoms with van der Waals surface area (Å²) >= 11 is 0. The van der Waals surface area contributed by atoms with Crippen LogP contribution in [-0.2, 0) is 9.53 Å². The van der Waals surface area contributed by atoms with E-state index in [9.17, 15) is 19.5 Å². The fourth-order valence-corrected chi connectivity index (χ4v) is 1.44. The zero-order valence-corrected chi connectivity index (χ0v) is 12.3. The third kappa shape index (κ3) is 5.06. The first kappa shape index (κ1) is 17.4.